The molecular formula is C19H26ClN5O6. The lowest BCUT2D eigenvalue weighted by Crippen LogP contribution is -2.44. The van der Waals surface area contributed by atoms with Gasteiger partial charge in [-0.15, -0.1) is 4.90 Å². The van der Waals surface area contributed by atoms with Gasteiger partial charge in [0.05, 0.1) is 12.9 Å². The van der Waals surface area contributed by atoms with Gasteiger partial charge < -0.3 is 18.8 Å². The van der Waals surface area contributed by atoms with Crippen LogP contribution in [0, 0.1) is 0 Å². The van der Waals surface area contributed by atoms with Crippen LogP contribution in [0.4, 0.5) is 15.5 Å². The Morgan fingerprint density at radius 2 is 1.58 bits per heavy atom. The van der Waals surface area contributed by atoms with E-state index in [4.69, 9.17) is 25.8 Å². The van der Waals surface area contributed by atoms with Gasteiger partial charge >= 0.3 is 18.2 Å². The number of halogens is 1. The standard InChI is InChI=1S/C19H26ClN5O6/c1-8-29-11(26)9-24-10-21-12-13(20)22-15(23-14(12)24)25(16(27)30-18(2,3)4)17(28)31-19(5,6)7/h10H,8-9H2,1-7H3. The SMILES string of the molecule is CCOC(=O)Cn1cnc2c(Cl)nc(N(C(=O)OC(C)(C)C)C(=O)OC(C)(C)C)nc21. The number of imidazole rings is 1. The highest BCUT2D eigenvalue weighted by molar-refractivity contribution is 6.33. The highest BCUT2D eigenvalue weighted by Gasteiger charge is 2.35. The summed E-state index contributed by atoms with van der Waals surface area (Å²) in [6.07, 6.45) is -0.765. The van der Waals surface area contributed by atoms with E-state index in [1.165, 1.54) is 10.9 Å². The number of imide groups is 1. The number of nitrogens with zero attached hydrogens (tertiary/aromatic N) is 5. The first-order valence-electron chi connectivity index (χ1n) is 9.52. The summed E-state index contributed by atoms with van der Waals surface area (Å²) < 4.78 is 16.9. The zero-order valence-electron chi connectivity index (χ0n) is 18.6. The quantitative estimate of drug-likeness (QED) is 0.385. The number of ether oxygens (including phenoxy) is 3. The molecule has 2 heterocycles. The molecular weight excluding hydrogens is 430 g/mol. The van der Waals surface area contributed by atoms with Gasteiger partial charge in [0.15, 0.2) is 10.8 Å². The Hall–Kier alpha value is -2.95. The number of carbonyl (C=O) groups excluding carboxylic acids is 3. The number of esters is 1. The molecule has 0 aromatic carbocycles. The van der Waals surface area contributed by atoms with Crippen molar-refractivity contribution < 1.29 is 28.6 Å². The van der Waals surface area contributed by atoms with Crippen molar-refractivity contribution in [1.29, 1.82) is 0 Å². The number of amides is 2. The van der Waals surface area contributed by atoms with E-state index in [0.717, 1.165) is 0 Å². The second-order valence-electron chi connectivity index (χ2n) is 8.46. The monoisotopic (exact) mass is 455 g/mol. The van der Waals surface area contributed by atoms with Crippen molar-refractivity contribution in [2.75, 3.05) is 11.5 Å². The third-order valence-electron chi connectivity index (χ3n) is 3.37. The lowest BCUT2D eigenvalue weighted by molar-refractivity contribution is -0.143. The zero-order valence-corrected chi connectivity index (χ0v) is 19.3. The summed E-state index contributed by atoms with van der Waals surface area (Å²) in [6, 6.07) is 0. The summed E-state index contributed by atoms with van der Waals surface area (Å²) >= 11 is 6.22. The van der Waals surface area contributed by atoms with Crippen LogP contribution in [-0.2, 0) is 25.5 Å². The van der Waals surface area contributed by atoms with Crippen LogP contribution in [0.2, 0.25) is 5.15 Å². The maximum absolute atomic E-state index is 12.8. The number of anilines is 1. The highest BCUT2D eigenvalue weighted by atomic mass is 35.5. The van der Waals surface area contributed by atoms with Crippen molar-refractivity contribution in [2.24, 2.45) is 0 Å². The van der Waals surface area contributed by atoms with Gasteiger partial charge in [0.1, 0.15) is 23.3 Å². The topological polar surface area (TPSA) is 126 Å². The Bertz CT molecular complexity index is 964. The number of hydrogen-bond donors (Lipinski definition) is 0. The number of aromatic nitrogens is 4. The minimum atomic E-state index is -1.05. The van der Waals surface area contributed by atoms with E-state index < -0.39 is 29.4 Å². The van der Waals surface area contributed by atoms with Crippen LogP contribution in [0.5, 0.6) is 0 Å². The van der Waals surface area contributed by atoms with Crippen LogP contribution < -0.4 is 4.90 Å². The third-order valence-corrected chi connectivity index (χ3v) is 3.63. The largest absolute Gasteiger partial charge is 0.465 e. The van der Waals surface area contributed by atoms with Crippen LogP contribution in [0.1, 0.15) is 48.5 Å². The van der Waals surface area contributed by atoms with E-state index in [1.807, 2.05) is 0 Å². The zero-order chi connectivity index (χ0) is 23.6. The minimum Gasteiger partial charge on any atom is -0.465 e. The summed E-state index contributed by atoms with van der Waals surface area (Å²) in [4.78, 5) is 50.4. The van der Waals surface area contributed by atoms with E-state index in [1.54, 1.807) is 48.5 Å². The maximum atomic E-state index is 12.8. The molecule has 2 rings (SSSR count). The molecule has 2 aromatic heterocycles. The maximum Gasteiger partial charge on any atom is 0.427 e. The molecule has 2 aromatic rings. The van der Waals surface area contributed by atoms with E-state index in [0.29, 0.717) is 4.90 Å². The van der Waals surface area contributed by atoms with Gasteiger partial charge in [-0.2, -0.15) is 9.97 Å². The molecule has 2 amide bonds. The third kappa shape index (κ3) is 6.51. The Morgan fingerprint density at radius 1 is 1.03 bits per heavy atom. The number of rotatable bonds is 4. The first-order chi connectivity index (χ1) is 14.2. The fourth-order valence-corrected chi connectivity index (χ4v) is 2.52. The molecule has 0 radical (unpaired) electrons. The Kier molecular flexibility index (Phi) is 7.10. The lowest BCUT2D eigenvalue weighted by Gasteiger charge is -2.27. The predicted molar refractivity (Wildman–Crippen MR) is 112 cm³/mol. The van der Waals surface area contributed by atoms with E-state index >= 15 is 0 Å². The normalized spacial score (nSPS) is 11.9. The molecule has 0 aliphatic rings. The molecule has 0 aliphatic heterocycles. The Labute approximate surface area is 184 Å². The van der Waals surface area contributed by atoms with Crippen LogP contribution in [-0.4, -0.2) is 55.5 Å². The smallest absolute Gasteiger partial charge is 0.427 e. The molecule has 0 atom stereocenters. The average Bonchev–Trinajstić information content (AvgIpc) is 2.95. The van der Waals surface area contributed by atoms with Crippen LogP contribution >= 0.6 is 11.6 Å². The molecule has 11 nitrogen and oxygen atoms in total. The van der Waals surface area contributed by atoms with Gasteiger partial charge in [-0.3, -0.25) is 4.79 Å². The molecule has 0 saturated heterocycles. The fraction of sp³-hybridized carbons (Fsp3) is 0.579. The van der Waals surface area contributed by atoms with Gasteiger partial charge in [-0.25, -0.2) is 14.6 Å². The second-order valence-corrected chi connectivity index (χ2v) is 8.82. The van der Waals surface area contributed by atoms with Crippen molar-refractivity contribution in [3.8, 4) is 0 Å². The molecule has 0 N–H and O–H groups in total. The second kappa shape index (κ2) is 9.04. The van der Waals surface area contributed by atoms with Crippen LogP contribution in [0.25, 0.3) is 11.2 Å². The van der Waals surface area contributed by atoms with E-state index in [-0.39, 0.29) is 35.4 Å². The fourth-order valence-electron chi connectivity index (χ4n) is 2.31. The van der Waals surface area contributed by atoms with Crippen molar-refractivity contribution in [3.63, 3.8) is 0 Å². The van der Waals surface area contributed by atoms with E-state index in [2.05, 4.69) is 15.0 Å². The number of fused-ring (bicyclic) bond motifs is 1. The molecule has 0 saturated carbocycles. The first kappa shape index (κ1) is 24.3. The van der Waals surface area contributed by atoms with Crippen molar-refractivity contribution in [2.45, 2.75) is 66.2 Å². The molecule has 0 fully saturated rings. The highest BCUT2D eigenvalue weighted by Crippen LogP contribution is 2.25. The molecule has 31 heavy (non-hydrogen) atoms. The van der Waals surface area contributed by atoms with Gasteiger partial charge in [-0.1, -0.05) is 11.6 Å². The summed E-state index contributed by atoms with van der Waals surface area (Å²) in [6.45, 7) is 11.5. The van der Waals surface area contributed by atoms with Crippen LogP contribution in [0.15, 0.2) is 6.33 Å². The van der Waals surface area contributed by atoms with Crippen LogP contribution in [0.3, 0.4) is 0 Å². The van der Waals surface area contributed by atoms with Gasteiger partial charge in [0.25, 0.3) is 0 Å². The average molecular weight is 456 g/mol. The summed E-state index contributed by atoms with van der Waals surface area (Å²) in [5, 5.41) is -0.125. The Morgan fingerprint density at radius 3 is 2.06 bits per heavy atom. The lowest BCUT2D eigenvalue weighted by atomic mass is 10.2. The molecule has 0 aliphatic carbocycles. The van der Waals surface area contributed by atoms with E-state index in [9.17, 15) is 14.4 Å². The van der Waals surface area contributed by atoms with Gasteiger partial charge in [-0.05, 0) is 48.5 Å². The number of hydrogen-bond acceptors (Lipinski definition) is 9. The van der Waals surface area contributed by atoms with Gasteiger partial charge in [0.2, 0.25) is 5.95 Å². The molecule has 170 valence electrons. The summed E-state index contributed by atoms with van der Waals surface area (Å²) in [5.41, 5.74) is -1.50. The predicted octanol–water partition coefficient (Wildman–Crippen LogP) is 3.72. The first-order valence-corrected chi connectivity index (χ1v) is 9.89. The van der Waals surface area contributed by atoms with Crippen molar-refractivity contribution >= 4 is 46.9 Å². The molecule has 0 bridgehead atoms. The molecule has 0 unspecified atom stereocenters. The number of carbonyl (C=O) groups is 3. The molecule has 0 spiro atoms. The Balaban J connectivity index is 2.55. The van der Waals surface area contributed by atoms with Crippen molar-refractivity contribution in [1.82, 2.24) is 19.5 Å². The minimum absolute atomic E-state index is 0.125. The van der Waals surface area contributed by atoms with Crippen molar-refractivity contribution in [3.05, 3.63) is 11.5 Å². The van der Waals surface area contributed by atoms with Gasteiger partial charge in [0, 0.05) is 0 Å². The summed E-state index contributed by atoms with van der Waals surface area (Å²) in [5.74, 6) is -0.902. The molecule has 12 heteroatoms. The summed E-state index contributed by atoms with van der Waals surface area (Å²) in [7, 11) is 0.